The van der Waals surface area contributed by atoms with Crippen LogP contribution in [0.15, 0.2) is 48.5 Å². The highest BCUT2D eigenvalue weighted by Gasteiger charge is 2.20. The predicted octanol–water partition coefficient (Wildman–Crippen LogP) is 3.68. The lowest BCUT2D eigenvalue weighted by atomic mass is 10.0. The zero-order valence-corrected chi connectivity index (χ0v) is 15.9. The van der Waals surface area contributed by atoms with Crippen LogP contribution in [0.5, 0.6) is 11.5 Å². The average molecular weight is 368 g/mol. The average Bonchev–Trinajstić information content (AvgIpc) is 2.73. The lowest BCUT2D eigenvalue weighted by molar-refractivity contribution is -0.132. The summed E-state index contributed by atoms with van der Waals surface area (Å²) in [6.07, 6.45) is 3.69. The van der Waals surface area contributed by atoms with Gasteiger partial charge < -0.3 is 20.1 Å². The van der Waals surface area contributed by atoms with Gasteiger partial charge in [0.25, 0.3) is 0 Å². The Hall–Kier alpha value is -2.53. The summed E-state index contributed by atoms with van der Waals surface area (Å²) in [4.78, 5) is 14.4. The number of carbonyl (C=O) groups excluding carboxylic acids is 1. The van der Waals surface area contributed by atoms with Crippen LogP contribution in [-0.4, -0.2) is 31.0 Å². The van der Waals surface area contributed by atoms with Crippen molar-refractivity contribution in [3.8, 4) is 11.5 Å². The molecule has 0 aromatic heterocycles. The lowest BCUT2D eigenvalue weighted by Gasteiger charge is -2.28. The monoisotopic (exact) mass is 368 g/mol. The molecule has 27 heavy (non-hydrogen) atoms. The Morgan fingerprint density at radius 3 is 2.52 bits per heavy atom. The van der Waals surface area contributed by atoms with Crippen molar-refractivity contribution in [1.29, 1.82) is 0 Å². The van der Waals surface area contributed by atoms with E-state index in [0.717, 1.165) is 37.1 Å². The summed E-state index contributed by atoms with van der Waals surface area (Å²) in [7, 11) is 1.61. The van der Waals surface area contributed by atoms with Crippen molar-refractivity contribution >= 4 is 5.91 Å². The largest absolute Gasteiger partial charge is 0.493 e. The summed E-state index contributed by atoms with van der Waals surface area (Å²) in [6.45, 7) is 2.17. The molecule has 1 heterocycles. The second kappa shape index (κ2) is 9.42. The van der Waals surface area contributed by atoms with Crippen LogP contribution >= 0.6 is 0 Å². The zero-order chi connectivity index (χ0) is 19.1. The summed E-state index contributed by atoms with van der Waals surface area (Å²) in [5.74, 6) is 1.43. The van der Waals surface area contributed by atoms with Gasteiger partial charge in [0.05, 0.1) is 7.11 Å². The van der Waals surface area contributed by atoms with Crippen LogP contribution in [0.1, 0.15) is 42.9 Å². The number of methoxy groups -OCH3 is 1. The molecule has 1 aliphatic rings. The molecule has 1 aliphatic heterocycles. The quantitative estimate of drug-likeness (QED) is 0.810. The Morgan fingerprint density at radius 2 is 1.81 bits per heavy atom. The van der Waals surface area contributed by atoms with Crippen molar-refractivity contribution in [2.24, 2.45) is 5.73 Å². The van der Waals surface area contributed by atoms with Gasteiger partial charge in [0.2, 0.25) is 5.91 Å². The van der Waals surface area contributed by atoms with E-state index in [1.165, 1.54) is 6.42 Å². The fourth-order valence-electron chi connectivity index (χ4n) is 3.35. The standard InChI is InChI=1S/C22H28N2O3/c1-26-21-14-18(19(23)15-22(25)24-12-6-3-7-13-24)10-11-20(21)27-16-17-8-4-2-5-9-17/h2,4-5,8-11,14,19H,3,6-7,12-13,15-16,23H2,1H3. The number of piperidine rings is 1. The van der Waals surface area contributed by atoms with Crippen LogP contribution in [0, 0.1) is 0 Å². The molecule has 1 saturated heterocycles. The Balaban J connectivity index is 1.62. The van der Waals surface area contributed by atoms with Crippen LogP contribution in [0.3, 0.4) is 0 Å². The highest BCUT2D eigenvalue weighted by atomic mass is 16.5. The van der Waals surface area contributed by atoms with Gasteiger partial charge >= 0.3 is 0 Å². The number of likely N-dealkylation sites (tertiary alicyclic amines) is 1. The van der Waals surface area contributed by atoms with Crippen molar-refractivity contribution in [2.45, 2.75) is 38.3 Å². The molecule has 1 fully saturated rings. The molecular weight excluding hydrogens is 340 g/mol. The predicted molar refractivity (Wildman–Crippen MR) is 106 cm³/mol. The lowest BCUT2D eigenvalue weighted by Crippen LogP contribution is -2.37. The molecule has 0 saturated carbocycles. The van der Waals surface area contributed by atoms with Crippen molar-refractivity contribution < 1.29 is 14.3 Å². The van der Waals surface area contributed by atoms with Gasteiger partial charge in [-0.3, -0.25) is 4.79 Å². The van der Waals surface area contributed by atoms with E-state index in [4.69, 9.17) is 15.2 Å². The van der Waals surface area contributed by atoms with Gasteiger partial charge in [0.1, 0.15) is 6.61 Å². The van der Waals surface area contributed by atoms with E-state index in [1.54, 1.807) is 7.11 Å². The number of nitrogens with zero attached hydrogens (tertiary/aromatic N) is 1. The summed E-state index contributed by atoms with van der Waals surface area (Å²) in [5.41, 5.74) is 8.27. The summed E-state index contributed by atoms with van der Waals surface area (Å²) in [5, 5.41) is 0. The van der Waals surface area contributed by atoms with Crippen molar-refractivity contribution in [2.75, 3.05) is 20.2 Å². The van der Waals surface area contributed by atoms with Gasteiger partial charge in [-0.15, -0.1) is 0 Å². The molecule has 5 nitrogen and oxygen atoms in total. The minimum absolute atomic E-state index is 0.130. The van der Waals surface area contributed by atoms with Crippen molar-refractivity contribution in [3.05, 3.63) is 59.7 Å². The van der Waals surface area contributed by atoms with E-state index in [1.807, 2.05) is 53.4 Å². The first-order valence-corrected chi connectivity index (χ1v) is 9.55. The minimum atomic E-state index is -0.350. The minimum Gasteiger partial charge on any atom is -0.493 e. The number of rotatable bonds is 7. The van der Waals surface area contributed by atoms with E-state index in [-0.39, 0.29) is 11.9 Å². The molecule has 0 spiro atoms. The number of hydrogen-bond donors (Lipinski definition) is 1. The fraction of sp³-hybridized carbons (Fsp3) is 0.409. The SMILES string of the molecule is COc1cc(C(N)CC(=O)N2CCCCC2)ccc1OCc1ccccc1. The third-order valence-electron chi connectivity index (χ3n) is 4.96. The first-order valence-electron chi connectivity index (χ1n) is 9.55. The van der Waals surface area contributed by atoms with E-state index < -0.39 is 0 Å². The zero-order valence-electron chi connectivity index (χ0n) is 15.9. The first kappa shape index (κ1) is 19.2. The number of hydrogen-bond acceptors (Lipinski definition) is 4. The van der Waals surface area contributed by atoms with Gasteiger partial charge in [-0.2, -0.15) is 0 Å². The molecule has 2 N–H and O–H groups in total. The van der Waals surface area contributed by atoms with Crippen molar-refractivity contribution in [1.82, 2.24) is 4.90 Å². The maximum atomic E-state index is 12.5. The molecule has 0 aliphatic carbocycles. The van der Waals surface area contributed by atoms with Gasteiger partial charge in [0.15, 0.2) is 11.5 Å². The Kier molecular flexibility index (Phi) is 6.71. The second-order valence-electron chi connectivity index (χ2n) is 6.94. The normalized spacial score (nSPS) is 15.3. The number of nitrogens with two attached hydrogens (primary N) is 1. The number of benzene rings is 2. The van der Waals surface area contributed by atoms with Crippen molar-refractivity contribution in [3.63, 3.8) is 0 Å². The molecule has 144 valence electrons. The molecule has 1 amide bonds. The third-order valence-corrected chi connectivity index (χ3v) is 4.96. The van der Waals surface area contributed by atoms with E-state index in [9.17, 15) is 4.79 Å². The Bertz CT molecular complexity index is 742. The molecule has 1 unspecified atom stereocenters. The molecule has 3 rings (SSSR count). The number of ether oxygens (including phenoxy) is 2. The van der Waals surface area contributed by atoms with Gasteiger partial charge in [-0.05, 0) is 42.5 Å². The maximum absolute atomic E-state index is 12.5. The fourth-order valence-corrected chi connectivity index (χ4v) is 3.35. The molecule has 5 heteroatoms. The summed E-state index contributed by atoms with van der Waals surface area (Å²) >= 11 is 0. The molecule has 0 bridgehead atoms. The summed E-state index contributed by atoms with van der Waals surface area (Å²) < 4.78 is 11.4. The smallest absolute Gasteiger partial charge is 0.224 e. The van der Waals surface area contributed by atoms with Crippen LogP contribution in [0.2, 0.25) is 0 Å². The Morgan fingerprint density at radius 1 is 1.07 bits per heavy atom. The van der Waals surface area contributed by atoms with Crippen LogP contribution in [0.4, 0.5) is 0 Å². The van der Waals surface area contributed by atoms with Crippen LogP contribution in [0.25, 0.3) is 0 Å². The second-order valence-corrected chi connectivity index (χ2v) is 6.94. The first-order chi connectivity index (χ1) is 13.2. The van der Waals surface area contributed by atoms with Crippen LogP contribution < -0.4 is 15.2 Å². The molecule has 2 aromatic rings. The Labute approximate surface area is 161 Å². The summed E-state index contributed by atoms with van der Waals surface area (Å²) in [6, 6.07) is 15.3. The van der Waals surface area contributed by atoms with E-state index in [0.29, 0.717) is 24.5 Å². The van der Waals surface area contributed by atoms with E-state index in [2.05, 4.69) is 0 Å². The number of amides is 1. The highest BCUT2D eigenvalue weighted by Crippen LogP contribution is 2.31. The van der Waals surface area contributed by atoms with Crippen LogP contribution in [-0.2, 0) is 11.4 Å². The maximum Gasteiger partial charge on any atom is 0.224 e. The highest BCUT2D eigenvalue weighted by molar-refractivity contribution is 5.77. The van der Waals surface area contributed by atoms with Gasteiger partial charge in [-0.25, -0.2) is 0 Å². The molecular formula is C22H28N2O3. The topological polar surface area (TPSA) is 64.8 Å². The molecule has 0 radical (unpaired) electrons. The van der Waals surface area contributed by atoms with Gasteiger partial charge in [0, 0.05) is 25.6 Å². The third kappa shape index (κ3) is 5.23. The van der Waals surface area contributed by atoms with Gasteiger partial charge in [-0.1, -0.05) is 36.4 Å². The molecule has 2 aromatic carbocycles. The molecule has 1 atom stereocenters. The van der Waals surface area contributed by atoms with E-state index >= 15 is 0 Å². The number of carbonyl (C=O) groups is 1.